The van der Waals surface area contributed by atoms with E-state index >= 15 is 0 Å². The van der Waals surface area contributed by atoms with Crippen LogP contribution >= 0.6 is 0 Å². The molecule has 4 aromatic rings. The Labute approximate surface area is 157 Å². The minimum Gasteiger partial charge on any atom is -0.352 e. The number of aromatic nitrogens is 4. The molecule has 6 nitrogen and oxygen atoms in total. The highest BCUT2D eigenvalue weighted by Gasteiger charge is 2.15. The monoisotopic (exact) mass is 354 g/mol. The highest BCUT2D eigenvalue weighted by Crippen LogP contribution is 2.24. The molecular formula is C21H18N6. The quantitative estimate of drug-likeness (QED) is 0.556. The molecule has 0 fully saturated rings. The van der Waals surface area contributed by atoms with Crippen molar-refractivity contribution in [1.82, 2.24) is 19.5 Å². The number of rotatable bonds is 4. The Hall–Kier alpha value is -3.72. The molecule has 0 aliphatic carbocycles. The number of benzene rings is 2. The Morgan fingerprint density at radius 1 is 1.11 bits per heavy atom. The molecule has 0 aliphatic rings. The fourth-order valence-electron chi connectivity index (χ4n) is 3.05. The third-order valence-corrected chi connectivity index (χ3v) is 4.76. The lowest BCUT2D eigenvalue weighted by Gasteiger charge is -2.26. The van der Waals surface area contributed by atoms with Gasteiger partial charge in [0.05, 0.1) is 41.1 Å². The van der Waals surface area contributed by atoms with Gasteiger partial charge in [-0.2, -0.15) is 5.26 Å². The van der Waals surface area contributed by atoms with Crippen molar-refractivity contribution in [3.63, 3.8) is 0 Å². The zero-order chi connectivity index (χ0) is 18.8. The Morgan fingerprint density at radius 3 is 2.70 bits per heavy atom. The van der Waals surface area contributed by atoms with Gasteiger partial charge in [0.2, 0.25) is 0 Å². The third-order valence-electron chi connectivity index (χ3n) is 4.76. The molecule has 0 spiro atoms. The van der Waals surface area contributed by atoms with Gasteiger partial charge in [-0.05, 0) is 30.7 Å². The summed E-state index contributed by atoms with van der Waals surface area (Å²) in [5.41, 5.74) is 3.44. The van der Waals surface area contributed by atoms with Crippen LogP contribution in [0.25, 0.3) is 16.9 Å². The van der Waals surface area contributed by atoms with E-state index in [1.807, 2.05) is 41.9 Å². The molecule has 0 aliphatic heterocycles. The molecule has 0 bridgehead atoms. The molecule has 0 radical (unpaired) electrons. The number of anilines is 1. The van der Waals surface area contributed by atoms with Crippen molar-refractivity contribution in [3.8, 4) is 11.9 Å². The fraction of sp³-hybridized carbons (Fsp3) is 0.143. The van der Waals surface area contributed by atoms with Crippen LogP contribution < -0.4 is 4.90 Å². The molecule has 4 rings (SSSR count). The van der Waals surface area contributed by atoms with Gasteiger partial charge in [0.1, 0.15) is 12.1 Å². The van der Waals surface area contributed by atoms with Crippen LogP contribution in [0.3, 0.4) is 0 Å². The third kappa shape index (κ3) is 3.11. The summed E-state index contributed by atoms with van der Waals surface area (Å²) in [6.45, 7) is 2.13. The molecule has 0 amide bonds. The summed E-state index contributed by atoms with van der Waals surface area (Å²) in [6.07, 6.45) is 5.16. The second kappa shape index (κ2) is 6.89. The summed E-state index contributed by atoms with van der Waals surface area (Å²) < 4.78 is 1.85. The first-order chi connectivity index (χ1) is 13.2. The lowest BCUT2D eigenvalue weighted by Crippen LogP contribution is -2.23. The first-order valence-corrected chi connectivity index (χ1v) is 8.65. The van der Waals surface area contributed by atoms with E-state index in [1.165, 1.54) is 5.56 Å². The van der Waals surface area contributed by atoms with E-state index in [0.29, 0.717) is 11.4 Å². The maximum atomic E-state index is 9.17. The summed E-state index contributed by atoms with van der Waals surface area (Å²) in [5.74, 6) is 1.43. The molecule has 6 heteroatoms. The molecule has 27 heavy (non-hydrogen) atoms. The number of nitriles is 1. The summed E-state index contributed by atoms with van der Waals surface area (Å²) in [6, 6.07) is 18.0. The van der Waals surface area contributed by atoms with E-state index in [1.54, 1.807) is 24.8 Å². The zero-order valence-electron chi connectivity index (χ0n) is 15.1. The SMILES string of the molecule is C[C@@H](c1ccccc1)N(C)c1cncc(-n2cnc3ccc(C#N)cc32)n1. The predicted molar refractivity (Wildman–Crippen MR) is 105 cm³/mol. The molecule has 0 saturated heterocycles. The van der Waals surface area contributed by atoms with Crippen LogP contribution in [0.5, 0.6) is 0 Å². The van der Waals surface area contributed by atoms with Gasteiger partial charge in [-0.25, -0.2) is 9.97 Å². The summed E-state index contributed by atoms with van der Waals surface area (Å²) >= 11 is 0. The fourth-order valence-corrected chi connectivity index (χ4v) is 3.05. The van der Waals surface area contributed by atoms with Crippen LogP contribution in [-0.4, -0.2) is 26.6 Å². The zero-order valence-corrected chi connectivity index (χ0v) is 15.1. The van der Waals surface area contributed by atoms with E-state index in [0.717, 1.165) is 16.9 Å². The summed E-state index contributed by atoms with van der Waals surface area (Å²) in [4.78, 5) is 15.6. The normalized spacial score (nSPS) is 11.9. The van der Waals surface area contributed by atoms with E-state index in [9.17, 15) is 0 Å². The number of hydrogen-bond acceptors (Lipinski definition) is 5. The summed E-state index contributed by atoms with van der Waals surface area (Å²) in [5, 5.41) is 9.17. The second-order valence-electron chi connectivity index (χ2n) is 6.36. The lowest BCUT2D eigenvalue weighted by molar-refractivity contribution is 0.724. The molecule has 0 saturated carbocycles. The van der Waals surface area contributed by atoms with Crippen molar-refractivity contribution in [2.24, 2.45) is 0 Å². The van der Waals surface area contributed by atoms with Crippen LogP contribution in [0, 0.1) is 11.3 Å². The molecule has 132 valence electrons. The maximum absolute atomic E-state index is 9.17. The van der Waals surface area contributed by atoms with Crippen LogP contribution in [0.2, 0.25) is 0 Å². The Kier molecular flexibility index (Phi) is 4.27. The minimum atomic E-state index is 0.153. The topological polar surface area (TPSA) is 70.6 Å². The van der Waals surface area contributed by atoms with Gasteiger partial charge in [-0.15, -0.1) is 0 Å². The maximum Gasteiger partial charge on any atom is 0.159 e. The van der Waals surface area contributed by atoms with Crippen molar-refractivity contribution in [1.29, 1.82) is 5.26 Å². The van der Waals surface area contributed by atoms with E-state index in [2.05, 4.69) is 40.0 Å². The highest BCUT2D eigenvalue weighted by atomic mass is 15.2. The molecule has 2 aromatic heterocycles. The molecular weight excluding hydrogens is 336 g/mol. The first kappa shape index (κ1) is 16.7. The minimum absolute atomic E-state index is 0.153. The number of hydrogen-bond donors (Lipinski definition) is 0. The lowest BCUT2D eigenvalue weighted by atomic mass is 10.1. The van der Waals surface area contributed by atoms with E-state index in [-0.39, 0.29) is 6.04 Å². The van der Waals surface area contributed by atoms with Gasteiger partial charge in [0.15, 0.2) is 5.82 Å². The smallest absolute Gasteiger partial charge is 0.159 e. The average Bonchev–Trinajstić information content (AvgIpc) is 3.16. The van der Waals surface area contributed by atoms with Gasteiger partial charge in [0.25, 0.3) is 0 Å². The van der Waals surface area contributed by atoms with Gasteiger partial charge < -0.3 is 4.90 Å². The molecule has 2 heterocycles. The molecule has 0 unspecified atom stereocenters. The summed E-state index contributed by atoms with van der Waals surface area (Å²) in [7, 11) is 2.01. The molecule has 1 atom stereocenters. The van der Waals surface area contributed by atoms with Gasteiger partial charge in [0, 0.05) is 7.05 Å². The van der Waals surface area contributed by atoms with Crippen LogP contribution in [0.4, 0.5) is 5.82 Å². The number of imidazole rings is 1. The average molecular weight is 354 g/mol. The van der Waals surface area contributed by atoms with Crippen LogP contribution in [0.15, 0.2) is 67.3 Å². The Bertz CT molecular complexity index is 1130. The molecule has 2 aromatic carbocycles. The largest absolute Gasteiger partial charge is 0.352 e. The second-order valence-corrected chi connectivity index (χ2v) is 6.36. The number of nitrogens with zero attached hydrogens (tertiary/aromatic N) is 6. The van der Waals surface area contributed by atoms with Gasteiger partial charge in [-0.3, -0.25) is 9.55 Å². The van der Waals surface area contributed by atoms with E-state index < -0.39 is 0 Å². The Balaban J connectivity index is 1.72. The van der Waals surface area contributed by atoms with Gasteiger partial charge >= 0.3 is 0 Å². The van der Waals surface area contributed by atoms with Gasteiger partial charge in [-0.1, -0.05) is 30.3 Å². The van der Waals surface area contributed by atoms with Crippen LogP contribution in [-0.2, 0) is 0 Å². The van der Waals surface area contributed by atoms with E-state index in [4.69, 9.17) is 10.2 Å². The van der Waals surface area contributed by atoms with Crippen molar-refractivity contribution in [2.45, 2.75) is 13.0 Å². The highest BCUT2D eigenvalue weighted by molar-refractivity contribution is 5.78. The molecule has 0 N–H and O–H groups in total. The Morgan fingerprint density at radius 2 is 1.93 bits per heavy atom. The van der Waals surface area contributed by atoms with Crippen molar-refractivity contribution in [3.05, 3.63) is 78.4 Å². The standard InChI is InChI=1S/C21H18N6/c1-15(17-6-4-3-5-7-17)26(2)20-12-23-13-21(25-20)27-14-24-18-9-8-16(11-22)10-19(18)27/h3-10,12-15H,1-2H3/t15-/m0/s1. The first-order valence-electron chi connectivity index (χ1n) is 8.65. The predicted octanol–water partition coefficient (Wildman–Crippen LogP) is 3.88. The van der Waals surface area contributed by atoms with Crippen molar-refractivity contribution < 1.29 is 0 Å². The number of fused-ring (bicyclic) bond motifs is 1. The van der Waals surface area contributed by atoms with Crippen LogP contribution in [0.1, 0.15) is 24.1 Å². The van der Waals surface area contributed by atoms with Crippen molar-refractivity contribution in [2.75, 3.05) is 11.9 Å². The van der Waals surface area contributed by atoms with Crippen molar-refractivity contribution >= 4 is 16.9 Å².